The predicted molar refractivity (Wildman–Crippen MR) is 128 cm³/mol. The number of sulfonamides is 1. The van der Waals surface area contributed by atoms with Gasteiger partial charge in [-0.05, 0) is 79.3 Å². The van der Waals surface area contributed by atoms with Crippen LogP contribution in [-0.2, 0) is 14.8 Å². The molecule has 32 heavy (non-hydrogen) atoms. The van der Waals surface area contributed by atoms with E-state index in [4.69, 9.17) is 0 Å². The van der Waals surface area contributed by atoms with Gasteiger partial charge in [0.15, 0.2) is 0 Å². The van der Waals surface area contributed by atoms with E-state index in [9.17, 15) is 13.2 Å². The molecule has 3 aromatic rings. The van der Waals surface area contributed by atoms with Crippen molar-refractivity contribution in [2.45, 2.75) is 44.6 Å². The first kappa shape index (κ1) is 22.5. The van der Waals surface area contributed by atoms with Crippen LogP contribution in [0.25, 0.3) is 10.8 Å². The van der Waals surface area contributed by atoms with E-state index in [0.29, 0.717) is 30.8 Å². The van der Waals surface area contributed by atoms with E-state index in [1.807, 2.05) is 45.0 Å². The van der Waals surface area contributed by atoms with Crippen LogP contribution in [0.1, 0.15) is 42.5 Å². The Kier molecular flexibility index (Phi) is 6.35. The lowest BCUT2D eigenvalue weighted by Gasteiger charge is -2.31. The Bertz CT molecular complexity index is 1240. The standard InChI is InChI=1S/C26H30N2O3S/c1-18-8-11-25(16-19(18)2)32(30,31)28-14-12-22(13-15-28)26(29)27-20(3)23-10-9-21-6-4-5-7-24(21)17-23/h4-11,16-17,20,22H,12-15H2,1-3H3,(H,27,29)/t20-/m1/s1. The molecule has 0 saturated carbocycles. The number of hydrogen-bond acceptors (Lipinski definition) is 3. The maximum atomic E-state index is 13.0. The van der Waals surface area contributed by atoms with Gasteiger partial charge in [-0.2, -0.15) is 4.31 Å². The number of amides is 1. The maximum Gasteiger partial charge on any atom is 0.243 e. The molecule has 1 saturated heterocycles. The molecule has 1 aliphatic rings. The maximum absolute atomic E-state index is 13.0. The molecular formula is C26H30N2O3S. The molecule has 168 valence electrons. The van der Waals surface area contributed by atoms with E-state index in [-0.39, 0.29) is 17.9 Å². The summed E-state index contributed by atoms with van der Waals surface area (Å²) in [6, 6.07) is 19.5. The Morgan fingerprint density at radius 1 is 0.938 bits per heavy atom. The highest BCUT2D eigenvalue weighted by Gasteiger charge is 2.32. The van der Waals surface area contributed by atoms with Gasteiger partial charge in [0.1, 0.15) is 0 Å². The zero-order chi connectivity index (χ0) is 22.9. The fraction of sp³-hybridized carbons (Fsp3) is 0.346. The van der Waals surface area contributed by atoms with Crippen LogP contribution in [0.2, 0.25) is 0 Å². The summed E-state index contributed by atoms with van der Waals surface area (Å²) in [4.78, 5) is 13.2. The van der Waals surface area contributed by atoms with Gasteiger partial charge in [-0.15, -0.1) is 0 Å². The van der Waals surface area contributed by atoms with Crippen molar-refractivity contribution >= 4 is 26.7 Å². The van der Waals surface area contributed by atoms with Crippen molar-refractivity contribution in [2.75, 3.05) is 13.1 Å². The van der Waals surface area contributed by atoms with Crippen molar-refractivity contribution in [2.24, 2.45) is 5.92 Å². The van der Waals surface area contributed by atoms with Gasteiger partial charge in [0.25, 0.3) is 0 Å². The second-order valence-electron chi connectivity index (χ2n) is 8.76. The Hall–Kier alpha value is -2.70. The van der Waals surface area contributed by atoms with Crippen LogP contribution < -0.4 is 5.32 Å². The summed E-state index contributed by atoms with van der Waals surface area (Å²) in [5.74, 6) is -0.182. The van der Waals surface area contributed by atoms with Crippen molar-refractivity contribution in [3.8, 4) is 0 Å². The van der Waals surface area contributed by atoms with E-state index in [2.05, 4.69) is 29.6 Å². The first-order valence-electron chi connectivity index (χ1n) is 11.1. The Labute approximate surface area is 190 Å². The van der Waals surface area contributed by atoms with Crippen LogP contribution in [-0.4, -0.2) is 31.7 Å². The lowest BCUT2D eigenvalue weighted by Crippen LogP contribution is -2.43. The topological polar surface area (TPSA) is 66.5 Å². The highest BCUT2D eigenvalue weighted by Crippen LogP contribution is 2.26. The van der Waals surface area contributed by atoms with E-state index < -0.39 is 10.0 Å². The molecular weight excluding hydrogens is 420 g/mol. The Morgan fingerprint density at radius 2 is 1.62 bits per heavy atom. The van der Waals surface area contributed by atoms with E-state index in [1.165, 1.54) is 9.69 Å². The summed E-state index contributed by atoms with van der Waals surface area (Å²) in [6.45, 7) is 6.59. The normalized spacial score (nSPS) is 16.7. The predicted octanol–water partition coefficient (Wildman–Crippen LogP) is 4.73. The summed E-state index contributed by atoms with van der Waals surface area (Å²) in [7, 11) is -3.54. The number of carbonyl (C=O) groups is 1. The van der Waals surface area contributed by atoms with E-state index in [1.54, 1.807) is 12.1 Å². The zero-order valence-electron chi connectivity index (χ0n) is 18.8. The number of rotatable bonds is 5. The van der Waals surface area contributed by atoms with Crippen LogP contribution >= 0.6 is 0 Å². The molecule has 0 bridgehead atoms. The number of benzene rings is 3. The summed E-state index contributed by atoms with van der Waals surface area (Å²) >= 11 is 0. The number of carbonyl (C=O) groups excluding carboxylic acids is 1. The first-order valence-corrected chi connectivity index (χ1v) is 12.6. The second-order valence-corrected chi connectivity index (χ2v) is 10.7. The number of aryl methyl sites for hydroxylation is 2. The van der Waals surface area contributed by atoms with Gasteiger partial charge in [-0.25, -0.2) is 8.42 Å². The average Bonchev–Trinajstić information content (AvgIpc) is 2.80. The van der Waals surface area contributed by atoms with Gasteiger partial charge in [0.05, 0.1) is 10.9 Å². The number of fused-ring (bicyclic) bond motifs is 1. The fourth-order valence-electron chi connectivity index (χ4n) is 4.27. The molecule has 1 atom stereocenters. The van der Waals surface area contributed by atoms with Crippen molar-refractivity contribution in [1.82, 2.24) is 9.62 Å². The molecule has 5 nitrogen and oxygen atoms in total. The van der Waals surface area contributed by atoms with Crippen LogP contribution in [0.4, 0.5) is 0 Å². The summed E-state index contributed by atoms with van der Waals surface area (Å²) < 4.78 is 27.6. The molecule has 3 aromatic carbocycles. The van der Waals surface area contributed by atoms with Crippen molar-refractivity contribution in [3.63, 3.8) is 0 Å². The molecule has 1 heterocycles. The highest BCUT2D eigenvalue weighted by molar-refractivity contribution is 7.89. The highest BCUT2D eigenvalue weighted by atomic mass is 32.2. The number of nitrogens with zero attached hydrogens (tertiary/aromatic N) is 1. The summed E-state index contributed by atoms with van der Waals surface area (Å²) in [5, 5.41) is 5.44. The summed E-state index contributed by atoms with van der Waals surface area (Å²) in [5.41, 5.74) is 3.09. The molecule has 0 unspecified atom stereocenters. The Balaban J connectivity index is 1.38. The van der Waals surface area contributed by atoms with Gasteiger partial charge in [0, 0.05) is 19.0 Å². The molecule has 1 amide bonds. The van der Waals surface area contributed by atoms with Gasteiger partial charge >= 0.3 is 0 Å². The van der Waals surface area contributed by atoms with Gasteiger partial charge in [-0.1, -0.05) is 42.5 Å². The number of piperidine rings is 1. The van der Waals surface area contributed by atoms with E-state index >= 15 is 0 Å². The second kappa shape index (κ2) is 9.04. The van der Waals surface area contributed by atoms with Crippen LogP contribution in [0, 0.1) is 19.8 Å². The third-order valence-electron chi connectivity index (χ3n) is 6.57. The quantitative estimate of drug-likeness (QED) is 0.611. The van der Waals surface area contributed by atoms with Gasteiger partial charge in [0.2, 0.25) is 15.9 Å². The van der Waals surface area contributed by atoms with Crippen LogP contribution in [0.3, 0.4) is 0 Å². The third kappa shape index (κ3) is 4.57. The van der Waals surface area contributed by atoms with E-state index in [0.717, 1.165) is 22.1 Å². The molecule has 1 fully saturated rings. The molecule has 4 rings (SSSR count). The Morgan fingerprint density at radius 3 is 2.31 bits per heavy atom. The average molecular weight is 451 g/mol. The minimum absolute atomic E-state index is 0.00566. The molecule has 0 aromatic heterocycles. The minimum atomic E-state index is -3.54. The van der Waals surface area contributed by atoms with Gasteiger partial charge in [-0.3, -0.25) is 4.79 Å². The van der Waals surface area contributed by atoms with Crippen molar-refractivity contribution < 1.29 is 13.2 Å². The van der Waals surface area contributed by atoms with Crippen LogP contribution in [0.5, 0.6) is 0 Å². The lowest BCUT2D eigenvalue weighted by molar-refractivity contribution is -0.126. The number of hydrogen-bond donors (Lipinski definition) is 1. The monoisotopic (exact) mass is 450 g/mol. The molecule has 0 radical (unpaired) electrons. The fourth-order valence-corrected chi connectivity index (χ4v) is 5.83. The largest absolute Gasteiger partial charge is 0.349 e. The SMILES string of the molecule is Cc1ccc(S(=O)(=O)N2CCC(C(=O)N[C@H](C)c3ccc4ccccc4c3)CC2)cc1C. The third-order valence-corrected chi connectivity index (χ3v) is 8.47. The smallest absolute Gasteiger partial charge is 0.243 e. The molecule has 6 heteroatoms. The van der Waals surface area contributed by atoms with Crippen molar-refractivity contribution in [3.05, 3.63) is 77.4 Å². The molecule has 1 aliphatic heterocycles. The minimum Gasteiger partial charge on any atom is -0.349 e. The molecule has 0 aliphatic carbocycles. The molecule has 1 N–H and O–H groups in total. The van der Waals surface area contributed by atoms with Crippen molar-refractivity contribution in [1.29, 1.82) is 0 Å². The summed E-state index contributed by atoms with van der Waals surface area (Å²) in [6.07, 6.45) is 1.06. The van der Waals surface area contributed by atoms with Crippen LogP contribution in [0.15, 0.2) is 65.6 Å². The first-order chi connectivity index (χ1) is 15.3. The lowest BCUT2D eigenvalue weighted by atomic mass is 9.96. The van der Waals surface area contributed by atoms with Gasteiger partial charge < -0.3 is 5.32 Å². The number of nitrogens with one attached hydrogen (secondary N) is 1. The zero-order valence-corrected chi connectivity index (χ0v) is 19.7. The molecule has 0 spiro atoms.